The number of halogens is 1. The molecule has 1 aromatic heterocycles. The molecule has 3 rings (SSSR count). The van der Waals surface area contributed by atoms with Gasteiger partial charge in [-0.1, -0.05) is 44.9 Å². The molecular weight excluding hydrogens is 320 g/mol. The maximum atomic E-state index is 11.4. The van der Waals surface area contributed by atoms with Crippen LogP contribution in [0.1, 0.15) is 63.4 Å². The van der Waals surface area contributed by atoms with Crippen LogP contribution >= 0.6 is 27.3 Å². The van der Waals surface area contributed by atoms with Crippen molar-refractivity contribution in [3.8, 4) is 0 Å². The molecule has 0 saturated heterocycles. The topological polar surface area (TPSA) is 20.2 Å². The molecule has 2 saturated carbocycles. The third-order valence-electron chi connectivity index (χ3n) is 5.24. The lowest BCUT2D eigenvalue weighted by atomic mass is 9.64. The summed E-state index contributed by atoms with van der Waals surface area (Å²) in [7, 11) is 0. The fourth-order valence-corrected chi connectivity index (χ4v) is 5.98. The molecule has 0 aromatic carbocycles. The van der Waals surface area contributed by atoms with Gasteiger partial charge in [0.25, 0.3) is 0 Å². The molecule has 0 amide bonds. The first-order valence-electron chi connectivity index (χ1n) is 7.66. The van der Waals surface area contributed by atoms with E-state index in [1.165, 1.54) is 51.4 Å². The lowest BCUT2D eigenvalue weighted by Crippen LogP contribution is -2.42. The van der Waals surface area contributed by atoms with Gasteiger partial charge in [-0.25, -0.2) is 0 Å². The normalized spacial score (nSPS) is 33.5. The summed E-state index contributed by atoms with van der Waals surface area (Å²) in [6, 6.07) is 0. The highest BCUT2D eigenvalue weighted by Gasteiger charge is 2.45. The number of thiophene rings is 1. The van der Waals surface area contributed by atoms with Crippen molar-refractivity contribution in [3.05, 3.63) is 20.8 Å². The second-order valence-corrected chi connectivity index (χ2v) is 7.91. The molecule has 106 valence electrons. The summed E-state index contributed by atoms with van der Waals surface area (Å²) in [5, 5.41) is 15.7. The Hall–Kier alpha value is 0.140. The van der Waals surface area contributed by atoms with Crippen LogP contribution in [-0.2, 0) is 5.60 Å². The van der Waals surface area contributed by atoms with Crippen LogP contribution in [0.2, 0.25) is 0 Å². The summed E-state index contributed by atoms with van der Waals surface area (Å²) in [6.45, 7) is 0. The van der Waals surface area contributed by atoms with Crippen LogP contribution in [-0.4, -0.2) is 5.11 Å². The zero-order chi connectivity index (χ0) is 13.3. The fraction of sp³-hybridized carbons (Fsp3) is 0.750. The second kappa shape index (κ2) is 5.87. The largest absolute Gasteiger partial charge is 0.385 e. The Morgan fingerprint density at radius 1 is 1.05 bits per heavy atom. The molecular formula is C16H23BrOS. The SMILES string of the molecule is OC1(c2cscc2Br)CCCCC1C1CCCCC1. The minimum absolute atomic E-state index is 0.479. The lowest BCUT2D eigenvalue weighted by Gasteiger charge is -2.45. The van der Waals surface area contributed by atoms with Crippen molar-refractivity contribution in [3.63, 3.8) is 0 Å². The highest BCUT2D eigenvalue weighted by atomic mass is 79.9. The van der Waals surface area contributed by atoms with E-state index in [0.29, 0.717) is 5.92 Å². The minimum atomic E-state index is -0.570. The summed E-state index contributed by atoms with van der Waals surface area (Å²) in [4.78, 5) is 0. The Morgan fingerprint density at radius 2 is 1.79 bits per heavy atom. The van der Waals surface area contributed by atoms with E-state index in [2.05, 4.69) is 26.7 Å². The molecule has 0 spiro atoms. The molecule has 1 heterocycles. The Kier molecular flexibility index (Phi) is 4.35. The van der Waals surface area contributed by atoms with Crippen molar-refractivity contribution in [1.82, 2.24) is 0 Å². The molecule has 2 aliphatic carbocycles. The van der Waals surface area contributed by atoms with Crippen molar-refractivity contribution in [2.24, 2.45) is 11.8 Å². The van der Waals surface area contributed by atoms with Gasteiger partial charge in [-0.3, -0.25) is 0 Å². The molecule has 2 atom stereocenters. The maximum Gasteiger partial charge on any atom is 0.0946 e. The van der Waals surface area contributed by atoms with E-state index in [1.54, 1.807) is 11.3 Å². The van der Waals surface area contributed by atoms with E-state index in [9.17, 15) is 5.11 Å². The van der Waals surface area contributed by atoms with E-state index in [0.717, 1.165) is 22.4 Å². The molecule has 2 fully saturated rings. The minimum Gasteiger partial charge on any atom is -0.385 e. The third kappa shape index (κ3) is 2.66. The van der Waals surface area contributed by atoms with Crippen molar-refractivity contribution in [2.75, 3.05) is 0 Å². The molecule has 1 N–H and O–H groups in total. The first-order valence-corrected chi connectivity index (χ1v) is 9.40. The summed E-state index contributed by atoms with van der Waals surface area (Å²) in [5.74, 6) is 1.22. The molecule has 1 aromatic rings. The Balaban J connectivity index is 1.89. The highest BCUT2D eigenvalue weighted by molar-refractivity contribution is 9.10. The molecule has 0 bridgehead atoms. The van der Waals surface area contributed by atoms with Crippen LogP contribution in [0.5, 0.6) is 0 Å². The van der Waals surface area contributed by atoms with Crippen molar-refractivity contribution >= 4 is 27.3 Å². The van der Waals surface area contributed by atoms with E-state index in [1.807, 2.05) is 0 Å². The van der Waals surface area contributed by atoms with Gasteiger partial charge in [0.15, 0.2) is 0 Å². The fourth-order valence-electron chi connectivity index (χ4n) is 4.27. The summed E-state index contributed by atoms with van der Waals surface area (Å²) in [5.41, 5.74) is 0.590. The highest BCUT2D eigenvalue weighted by Crippen LogP contribution is 2.50. The molecule has 0 aliphatic heterocycles. The second-order valence-electron chi connectivity index (χ2n) is 6.31. The predicted octanol–water partition coefficient (Wildman–Crippen LogP) is 5.47. The van der Waals surface area contributed by atoms with E-state index >= 15 is 0 Å². The van der Waals surface area contributed by atoms with Gasteiger partial charge in [0.05, 0.1) is 5.60 Å². The molecule has 2 aliphatic rings. The van der Waals surface area contributed by atoms with Crippen molar-refractivity contribution in [2.45, 2.75) is 63.4 Å². The van der Waals surface area contributed by atoms with Crippen molar-refractivity contribution in [1.29, 1.82) is 0 Å². The van der Waals surface area contributed by atoms with Gasteiger partial charge in [0.2, 0.25) is 0 Å². The monoisotopic (exact) mass is 342 g/mol. The zero-order valence-corrected chi connectivity index (χ0v) is 13.8. The summed E-state index contributed by atoms with van der Waals surface area (Å²) >= 11 is 5.34. The Labute approximate surface area is 128 Å². The van der Waals surface area contributed by atoms with Gasteiger partial charge in [-0.05, 0) is 46.0 Å². The molecule has 2 unspecified atom stereocenters. The maximum absolute atomic E-state index is 11.4. The van der Waals surface area contributed by atoms with Crippen LogP contribution < -0.4 is 0 Å². The molecule has 0 radical (unpaired) electrons. The molecule has 19 heavy (non-hydrogen) atoms. The zero-order valence-electron chi connectivity index (χ0n) is 11.4. The average molecular weight is 343 g/mol. The number of hydrogen-bond acceptors (Lipinski definition) is 2. The van der Waals surface area contributed by atoms with Gasteiger partial charge in [0.1, 0.15) is 0 Å². The van der Waals surface area contributed by atoms with Gasteiger partial charge < -0.3 is 5.11 Å². The van der Waals surface area contributed by atoms with Crippen LogP contribution in [0.25, 0.3) is 0 Å². The van der Waals surface area contributed by atoms with Crippen molar-refractivity contribution < 1.29 is 5.11 Å². The smallest absolute Gasteiger partial charge is 0.0946 e. The predicted molar refractivity (Wildman–Crippen MR) is 84.4 cm³/mol. The molecule has 3 heteroatoms. The third-order valence-corrected chi connectivity index (χ3v) is 6.94. The van der Waals surface area contributed by atoms with Gasteiger partial charge in [-0.15, -0.1) is 0 Å². The lowest BCUT2D eigenvalue weighted by molar-refractivity contribution is -0.0837. The average Bonchev–Trinajstić information content (AvgIpc) is 2.87. The van der Waals surface area contributed by atoms with E-state index < -0.39 is 5.60 Å². The standard InChI is InChI=1S/C16H23BrOS/c17-15-11-19-10-14(15)16(18)9-5-4-8-13(16)12-6-2-1-3-7-12/h10-13,18H,1-9H2. The number of rotatable bonds is 2. The summed E-state index contributed by atoms with van der Waals surface area (Å²) < 4.78 is 1.11. The van der Waals surface area contributed by atoms with Gasteiger partial charge in [0, 0.05) is 15.4 Å². The Morgan fingerprint density at radius 3 is 2.47 bits per heavy atom. The number of hydrogen-bond donors (Lipinski definition) is 1. The Bertz CT molecular complexity index is 424. The van der Waals surface area contributed by atoms with Crippen LogP contribution in [0.4, 0.5) is 0 Å². The summed E-state index contributed by atoms with van der Waals surface area (Å²) in [6.07, 6.45) is 11.4. The quantitative estimate of drug-likeness (QED) is 0.755. The van der Waals surface area contributed by atoms with Gasteiger partial charge in [-0.2, -0.15) is 11.3 Å². The van der Waals surface area contributed by atoms with E-state index in [4.69, 9.17) is 0 Å². The first-order chi connectivity index (χ1) is 9.22. The van der Waals surface area contributed by atoms with Crippen LogP contribution in [0, 0.1) is 11.8 Å². The molecule has 1 nitrogen and oxygen atoms in total. The van der Waals surface area contributed by atoms with Crippen LogP contribution in [0.3, 0.4) is 0 Å². The number of aliphatic hydroxyl groups is 1. The first kappa shape index (κ1) is 14.1. The van der Waals surface area contributed by atoms with E-state index in [-0.39, 0.29) is 0 Å². The van der Waals surface area contributed by atoms with Gasteiger partial charge >= 0.3 is 0 Å². The van der Waals surface area contributed by atoms with Crippen LogP contribution in [0.15, 0.2) is 15.2 Å².